The van der Waals surface area contributed by atoms with Crippen LogP contribution in [0.25, 0.3) is 44.6 Å². The Hall–Kier alpha value is -7.92. The number of anilines is 4. The van der Waals surface area contributed by atoms with E-state index in [0.717, 1.165) is 5.69 Å². The molecule has 18 heteroatoms. The number of nitrogens with zero attached hydrogens (tertiary/aromatic N) is 4. The van der Waals surface area contributed by atoms with E-state index in [1.807, 2.05) is 25.1 Å². The van der Waals surface area contributed by atoms with Crippen LogP contribution in [0.15, 0.2) is 79.1 Å². The molecule has 4 N–H and O–H groups in total. The predicted octanol–water partition coefficient (Wildman–Crippen LogP) is 10.0. The van der Waals surface area contributed by atoms with Crippen molar-refractivity contribution in [3.8, 4) is 45.8 Å². The van der Waals surface area contributed by atoms with Gasteiger partial charge in [-0.15, -0.1) is 0 Å². The van der Waals surface area contributed by atoms with Gasteiger partial charge in [0.1, 0.15) is 34.1 Å². The largest absolute Gasteiger partial charge is 0.493 e. The minimum absolute atomic E-state index is 0.00555. The summed E-state index contributed by atoms with van der Waals surface area (Å²) in [5.74, 6) is -0.0172. The standard InChI is InChI=1S/C50H42ClFN8O8/c1-23-21-67-50(62)39-40(23)59-44(46(39)55-30-9-6-8-29(52)24(30)2)27-14-17-54-34-20-36(63-3)48(60-42(27)34)66-22-25-19-35(25)68-37-12-11-32-41(58-37)26(13-16-53-32)43-45(38-31(56-43)15-18-65-49(38)61)57-33-10-5-7-28(51)47(33)64-4/h5-14,16-17,20,23,25,35,55-57,59H,15,18-19,21-22H2,1-4H3/t23-,25?,35?/m1/s1. The molecule has 1 saturated carbocycles. The maximum atomic E-state index is 14.8. The van der Waals surface area contributed by atoms with Crippen LogP contribution in [0.1, 0.15) is 56.9 Å². The molecular formula is C50H42ClFN8O8. The average molecular weight is 937 g/mol. The summed E-state index contributed by atoms with van der Waals surface area (Å²) in [6, 6.07) is 19.1. The van der Waals surface area contributed by atoms with E-state index < -0.39 is 11.9 Å². The molecule has 0 bridgehead atoms. The van der Waals surface area contributed by atoms with E-state index in [4.69, 9.17) is 50.0 Å². The number of hydrogen-bond acceptors (Lipinski definition) is 14. The molecule has 8 heterocycles. The first-order valence-electron chi connectivity index (χ1n) is 21.9. The number of carbonyl (C=O) groups excluding carboxylic acids is 2. The van der Waals surface area contributed by atoms with Crippen LogP contribution in [0.4, 0.5) is 27.1 Å². The lowest BCUT2D eigenvalue weighted by molar-refractivity contribution is 0.0446. The molecule has 11 rings (SSSR count). The molecular weight excluding hydrogens is 895 g/mol. The van der Waals surface area contributed by atoms with Crippen molar-refractivity contribution in [2.24, 2.45) is 5.92 Å². The lowest BCUT2D eigenvalue weighted by Gasteiger charge is -2.19. The number of benzene rings is 2. The van der Waals surface area contributed by atoms with Gasteiger partial charge in [0, 0.05) is 76.5 Å². The molecule has 8 aromatic rings. The molecule has 0 amide bonds. The average Bonchev–Trinajstić information content (AvgIpc) is 3.80. The van der Waals surface area contributed by atoms with Gasteiger partial charge in [-0.3, -0.25) is 9.97 Å². The summed E-state index contributed by atoms with van der Waals surface area (Å²) in [6.07, 6.45) is 4.32. The second-order valence-corrected chi connectivity index (χ2v) is 17.2. The highest BCUT2D eigenvalue weighted by Crippen LogP contribution is 2.46. The monoisotopic (exact) mass is 936 g/mol. The summed E-state index contributed by atoms with van der Waals surface area (Å²) in [6.45, 7) is 4.36. The quantitative estimate of drug-likeness (QED) is 0.0797. The Balaban J connectivity index is 0.870. The Morgan fingerprint density at radius 3 is 2.37 bits per heavy atom. The molecule has 2 aromatic carbocycles. The van der Waals surface area contributed by atoms with Crippen LogP contribution in [0.2, 0.25) is 5.02 Å². The number of para-hydroxylation sites is 1. The highest BCUT2D eigenvalue weighted by atomic mass is 35.5. The number of pyridine rings is 4. The lowest BCUT2D eigenvalue weighted by Crippen LogP contribution is -2.20. The molecule has 68 heavy (non-hydrogen) atoms. The van der Waals surface area contributed by atoms with Gasteiger partial charge < -0.3 is 49.0 Å². The molecule has 3 aliphatic rings. The van der Waals surface area contributed by atoms with Gasteiger partial charge in [-0.1, -0.05) is 30.7 Å². The smallest absolute Gasteiger partial charge is 0.342 e. The van der Waals surface area contributed by atoms with Crippen LogP contribution < -0.4 is 29.6 Å². The summed E-state index contributed by atoms with van der Waals surface area (Å²) >= 11 is 6.48. The van der Waals surface area contributed by atoms with Gasteiger partial charge in [0.25, 0.3) is 5.88 Å². The van der Waals surface area contributed by atoms with Crippen LogP contribution in [-0.2, 0) is 15.9 Å². The molecule has 16 nitrogen and oxygen atoms in total. The summed E-state index contributed by atoms with van der Waals surface area (Å²) in [7, 11) is 3.07. The van der Waals surface area contributed by atoms with Gasteiger partial charge in [-0.05, 0) is 55.8 Å². The van der Waals surface area contributed by atoms with Gasteiger partial charge in [0.2, 0.25) is 5.88 Å². The van der Waals surface area contributed by atoms with Crippen molar-refractivity contribution in [1.82, 2.24) is 29.9 Å². The topological polar surface area (TPSA) is 197 Å². The summed E-state index contributed by atoms with van der Waals surface area (Å²) in [5.41, 5.74) is 9.22. The Morgan fingerprint density at radius 2 is 1.56 bits per heavy atom. The first-order valence-corrected chi connectivity index (χ1v) is 22.3. The van der Waals surface area contributed by atoms with Crippen molar-refractivity contribution in [2.75, 3.05) is 44.7 Å². The van der Waals surface area contributed by atoms with E-state index in [1.54, 1.807) is 61.8 Å². The summed E-state index contributed by atoms with van der Waals surface area (Å²) in [4.78, 5) is 52.6. The summed E-state index contributed by atoms with van der Waals surface area (Å²) < 4.78 is 50.0. The van der Waals surface area contributed by atoms with Crippen LogP contribution in [-0.4, -0.2) is 82.0 Å². The fourth-order valence-corrected chi connectivity index (χ4v) is 9.11. The lowest BCUT2D eigenvalue weighted by atomic mass is 10.0. The highest BCUT2D eigenvalue weighted by Gasteiger charge is 2.41. The molecule has 2 aliphatic heterocycles. The molecule has 0 radical (unpaired) electrons. The van der Waals surface area contributed by atoms with E-state index in [9.17, 15) is 14.0 Å². The van der Waals surface area contributed by atoms with Crippen molar-refractivity contribution in [1.29, 1.82) is 0 Å². The minimum atomic E-state index is -0.490. The number of fused-ring (bicyclic) bond motifs is 4. The minimum Gasteiger partial charge on any atom is -0.493 e. The second kappa shape index (κ2) is 17.1. The second-order valence-electron chi connectivity index (χ2n) is 16.8. The number of carbonyl (C=O) groups is 2. The van der Waals surface area contributed by atoms with Crippen molar-refractivity contribution in [3.05, 3.63) is 118 Å². The van der Waals surface area contributed by atoms with Crippen molar-refractivity contribution >= 4 is 68.4 Å². The van der Waals surface area contributed by atoms with E-state index in [2.05, 4.69) is 30.6 Å². The first kappa shape index (κ1) is 42.7. The Morgan fingerprint density at radius 1 is 0.838 bits per heavy atom. The number of rotatable bonds is 13. The van der Waals surface area contributed by atoms with Crippen molar-refractivity contribution < 1.29 is 42.4 Å². The third-order valence-corrected chi connectivity index (χ3v) is 12.8. The molecule has 3 atom stereocenters. The number of methoxy groups -OCH3 is 2. The van der Waals surface area contributed by atoms with Gasteiger partial charge in [0.15, 0.2) is 11.5 Å². The Bertz CT molecular complexity index is 3360. The van der Waals surface area contributed by atoms with Crippen LogP contribution in [0, 0.1) is 18.7 Å². The number of cyclic esters (lactones) is 2. The zero-order valence-electron chi connectivity index (χ0n) is 37.1. The number of nitrogens with one attached hydrogen (secondary N) is 4. The van der Waals surface area contributed by atoms with Gasteiger partial charge in [-0.2, -0.15) is 0 Å². The highest BCUT2D eigenvalue weighted by molar-refractivity contribution is 6.32. The molecule has 0 spiro atoms. The normalized spacial score (nSPS) is 17.2. The SMILES string of the molecule is COc1cc2nccc(-c3[nH]c4c(c3Nc3cccc(F)c3C)C(=O)OC[C@H]4C)c2nc1OCC1CC1Oc1ccc2nccc(-c3[nH]c4c(c3Nc3cccc(Cl)c3OC)C(=O)OCC4)c2n1. The van der Waals surface area contributed by atoms with Gasteiger partial charge >= 0.3 is 11.9 Å². The Labute approximate surface area is 392 Å². The molecule has 1 fully saturated rings. The summed E-state index contributed by atoms with van der Waals surface area (Å²) in [5, 5.41) is 7.14. The Kier molecular flexibility index (Phi) is 10.7. The van der Waals surface area contributed by atoms with E-state index in [-0.39, 0.29) is 49.5 Å². The van der Waals surface area contributed by atoms with E-state index in [0.29, 0.717) is 125 Å². The third-order valence-electron chi connectivity index (χ3n) is 12.5. The van der Waals surface area contributed by atoms with E-state index >= 15 is 0 Å². The number of H-pyrrole nitrogens is 2. The molecule has 2 unspecified atom stereocenters. The number of halogens is 2. The zero-order chi connectivity index (χ0) is 46.8. The van der Waals surface area contributed by atoms with E-state index in [1.165, 1.54) is 20.3 Å². The molecule has 1 aliphatic carbocycles. The predicted molar refractivity (Wildman–Crippen MR) is 252 cm³/mol. The number of aromatic amines is 2. The number of ether oxygens (including phenoxy) is 6. The maximum Gasteiger partial charge on any atom is 0.342 e. The number of esters is 2. The molecule has 0 saturated heterocycles. The third kappa shape index (κ3) is 7.48. The number of aromatic nitrogens is 6. The zero-order valence-corrected chi connectivity index (χ0v) is 37.8. The first-order chi connectivity index (χ1) is 33.1. The van der Waals surface area contributed by atoms with Gasteiger partial charge in [0.05, 0.1) is 78.5 Å². The fourth-order valence-electron chi connectivity index (χ4n) is 8.86. The van der Waals surface area contributed by atoms with Crippen LogP contribution in [0.3, 0.4) is 0 Å². The van der Waals surface area contributed by atoms with Crippen molar-refractivity contribution in [2.45, 2.75) is 38.7 Å². The maximum absolute atomic E-state index is 14.8. The fraction of sp³-hybridized carbons (Fsp3) is 0.240. The van der Waals surface area contributed by atoms with Crippen LogP contribution in [0.5, 0.6) is 23.3 Å². The molecule has 344 valence electrons. The van der Waals surface area contributed by atoms with Crippen LogP contribution >= 0.6 is 11.6 Å². The van der Waals surface area contributed by atoms with Crippen molar-refractivity contribution in [3.63, 3.8) is 0 Å². The van der Waals surface area contributed by atoms with Gasteiger partial charge in [-0.25, -0.2) is 23.9 Å². The molecule has 6 aromatic heterocycles. The number of hydrogen-bond donors (Lipinski definition) is 4.